The van der Waals surface area contributed by atoms with E-state index in [1.54, 1.807) is 12.1 Å². The molecule has 3 nitrogen and oxygen atoms in total. The highest BCUT2D eigenvalue weighted by atomic mass is 127. The Morgan fingerprint density at radius 2 is 2.31 bits per heavy atom. The van der Waals surface area contributed by atoms with E-state index >= 15 is 0 Å². The van der Waals surface area contributed by atoms with Crippen molar-refractivity contribution in [3.05, 3.63) is 32.4 Å². The fourth-order valence-corrected chi connectivity index (χ4v) is 1.99. The van der Waals surface area contributed by atoms with E-state index in [2.05, 4.69) is 33.2 Å². The lowest BCUT2D eigenvalue weighted by molar-refractivity contribution is 0.0942. The number of amides is 1. The third kappa shape index (κ3) is 2.87. The molecule has 86 valence electrons. The quantitative estimate of drug-likeness (QED) is 0.818. The van der Waals surface area contributed by atoms with Crippen LogP contribution in [-0.4, -0.2) is 25.5 Å². The highest BCUT2D eigenvalue weighted by molar-refractivity contribution is 14.1. The Labute approximate surface area is 113 Å². The molecule has 0 atom stereocenters. The Morgan fingerprint density at radius 3 is 2.88 bits per heavy atom. The van der Waals surface area contributed by atoms with Crippen LogP contribution < -0.4 is 10.6 Å². The SMILES string of the molecule is O=C(NCC1CNC1)c1ccc(I)c(Cl)c1. The summed E-state index contributed by atoms with van der Waals surface area (Å²) in [5, 5.41) is 6.70. The van der Waals surface area contributed by atoms with Gasteiger partial charge in [-0.1, -0.05) is 11.6 Å². The summed E-state index contributed by atoms with van der Waals surface area (Å²) in [6.45, 7) is 2.72. The molecule has 0 radical (unpaired) electrons. The van der Waals surface area contributed by atoms with Crippen LogP contribution >= 0.6 is 34.2 Å². The summed E-state index contributed by atoms with van der Waals surface area (Å²) in [5.74, 6) is 0.522. The van der Waals surface area contributed by atoms with E-state index in [4.69, 9.17) is 11.6 Å². The van der Waals surface area contributed by atoms with Crippen molar-refractivity contribution in [2.75, 3.05) is 19.6 Å². The van der Waals surface area contributed by atoms with Gasteiger partial charge < -0.3 is 10.6 Å². The zero-order valence-electron chi connectivity index (χ0n) is 8.59. The molecule has 1 amide bonds. The van der Waals surface area contributed by atoms with Gasteiger partial charge in [-0.05, 0) is 40.8 Å². The second-order valence-electron chi connectivity index (χ2n) is 3.86. The second kappa shape index (κ2) is 5.33. The Morgan fingerprint density at radius 1 is 1.56 bits per heavy atom. The third-order valence-electron chi connectivity index (χ3n) is 2.60. The molecule has 1 aromatic carbocycles. The van der Waals surface area contributed by atoms with Crippen molar-refractivity contribution in [3.8, 4) is 0 Å². The Bertz CT molecular complexity index is 407. The predicted molar refractivity (Wildman–Crippen MR) is 72.9 cm³/mol. The molecular weight excluding hydrogens is 338 g/mol. The van der Waals surface area contributed by atoms with Gasteiger partial charge in [0.25, 0.3) is 5.91 Å². The number of carbonyl (C=O) groups is 1. The molecule has 0 saturated carbocycles. The van der Waals surface area contributed by atoms with Crippen molar-refractivity contribution in [2.45, 2.75) is 0 Å². The molecule has 0 spiro atoms. The maximum Gasteiger partial charge on any atom is 0.251 e. The van der Waals surface area contributed by atoms with E-state index in [9.17, 15) is 4.79 Å². The molecule has 1 fully saturated rings. The molecule has 0 aliphatic carbocycles. The van der Waals surface area contributed by atoms with Gasteiger partial charge in [0.05, 0.1) is 5.02 Å². The van der Waals surface area contributed by atoms with Crippen LogP contribution in [0.4, 0.5) is 0 Å². The van der Waals surface area contributed by atoms with Crippen LogP contribution in [0, 0.1) is 9.49 Å². The van der Waals surface area contributed by atoms with E-state index in [0.717, 1.165) is 23.2 Å². The van der Waals surface area contributed by atoms with E-state index in [1.165, 1.54) is 0 Å². The topological polar surface area (TPSA) is 41.1 Å². The van der Waals surface area contributed by atoms with Gasteiger partial charge in [-0.3, -0.25) is 4.79 Å². The van der Waals surface area contributed by atoms with Crippen LogP contribution in [0.5, 0.6) is 0 Å². The molecule has 1 aromatic rings. The number of nitrogens with one attached hydrogen (secondary N) is 2. The monoisotopic (exact) mass is 350 g/mol. The van der Waals surface area contributed by atoms with Crippen LogP contribution in [0.1, 0.15) is 10.4 Å². The first-order chi connectivity index (χ1) is 7.66. The maximum atomic E-state index is 11.8. The number of hydrogen-bond acceptors (Lipinski definition) is 2. The normalized spacial score (nSPS) is 15.6. The van der Waals surface area contributed by atoms with Crippen LogP contribution in [0.25, 0.3) is 0 Å². The van der Waals surface area contributed by atoms with Gasteiger partial charge in [-0.15, -0.1) is 0 Å². The number of rotatable bonds is 3. The largest absolute Gasteiger partial charge is 0.352 e. The standard InChI is InChI=1S/C11H12ClIN2O/c12-9-3-8(1-2-10(9)13)11(16)15-6-7-4-14-5-7/h1-3,7,14H,4-6H2,(H,15,16). The Balaban J connectivity index is 1.94. The van der Waals surface area contributed by atoms with Crippen molar-refractivity contribution < 1.29 is 4.79 Å². The molecule has 1 aliphatic heterocycles. The summed E-state index contributed by atoms with van der Waals surface area (Å²) in [6, 6.07) is 5.35. The van der Waals surface area contributed by atoms with Crippen LogP contribution in [-0.2, 0) is 0 Å². The summed E-state index contributed by atoms with van der Waals surface area (Å²) in [4.78, 5) is 11.8. The predicted octanol–water partition coefficient (Wildman–Crippen LogP) is 1.89. The average Bonchev–Trinajstić information content (AvgIpc) is 2.19. The minimum Gasteiger partial charge on any atom is -0.352 e. The lowest BCUT2D eigenvalue weighted by atomic mass is 10.0. The van der Waals surface area contributed by atoms with Crippen molar-refractivity contribution in [1.29, 1.82) is 0 Å². The molecule has 0 bridgehead atoms. The molecule has 5 heteroatoms. The first-order valence-electron chi connectivity index (χ1n) is 5.11. The summed E-state index contributed by atoms with van der Waals surface area (Å²) >= 11 is 8.10. The molecule has 1 saturated heterocycles. The van der Waals surface area contributed by atoms with Crippen molar-refractivity contribution in [1.82, 2.24) is 10.6 Å². The first kappa shape index (κ1) is 12.1. The number of halogens is 2. The van der Waals surface area contributed by atoms with E-state index in [0.29, 0.717) is 16.5 Å². The van der Waals surface area contributed by atoms with Crippen molar-refractivity contribution in [3.63, 3.8) is 0 Å². The molecule has 0 aromatic heterocycles. The summed E-state index contributed by atoms with van der Waals surface area (Å²) < 4.78 is 0.957. The smallest absolute Gasteiger partial charge is 0.251 e. The van der Waals surface area contributed by atoms with Crippen molar-refractivity contribution in [2.24, 2.45) is 5.92 Å². The van der Waals surface area contributed by atoms with Gasteiger partial charge >= 0.3 is 0 Å². The third-order valence-corrected chi connectivity index (χ3v) is 4.17. The number of hydrogen-bond donors (Lipinski definition) is 2. The van der Waals surface area contributed by atoms with E-state index in [1.807, 2.05) is 6.07 Å². The van der Waals surface area contributed by atoms with Crippen LogP contribution in [0.3, 0.4) is 0 Å². The molecule has 1 aliphatic rings. The summed E-state index contributed by atoms with van der Waals surface area (Å²) in [6.07, 6.45) is 0. The van der Waals surface area contributed by atoms with Gasteiger partial charge in [0.15, 0.2) is 0 Å². The number of benzene rings is 1. The Hall–Kier alpha value is -0.330. The highest BCUT2D eigenvalue weighted by Crippen LogP contribution is 2.19. The fourth-order valence-electron chi connectivity index (χ4n) is 1.47. The number of carbonyl (C=O) groups excluding carboxylic acids is 1. The minimum atomic E-state index is -0.0507. The summed E-state index contributed by atoms with van der Waals surface area (Å²) in [5.41, 5.74) is 0.623. The zero-order valence-corrected chi connectivity index (χ0v) is 11.5. The van der Waals surface area contributed by atoms with E-state index < -0.39 is 0 Å². The van der Waals surface area contributed by atoms with Crippen LogP contribution in [0.2, 0.25) is 5.02 Å². The fraction of sp³-hybridized carbons (Fsp3) is 0.364. The zero-order chi connectivity index (χ0) is 11.5. The van der Waals surface area contributed by atoms with Crippen molar-refractivity contribution >= 4 is 40.1 Å². The lowest BCUT2D eigenvalue weighted by Gasteiger charge is -2.27. The first-order valence-corrected chi connectivity index (χ1v) is 6.56. The molecule has 2 rings (SSSR count). The maximum absolute atomic E-state index is 11.8. The average molecular weight is 351 g/mol. The van der Waals surface area contributed by atoms with Gasteiger partial charge in [0.2, 0.25) is 0 Å². The molecule has 2 N–H and O–H groups in total. The summed E-state index contributed by atoms with van der Waals surface area (Å²) in [7, 11) is 0. The van der Waals surface area contributed by atoms with Gasteiger partial charge in [0.1, 0.15) is 0 Å². The van der Waals surface area contributed by atoms with Crippen LogP contribution in [0.15, 0.2) is 18.2 Å². The van der Waals surface area contributed by atoms with Gasteiger partial charge in [0, 0.05) is 34.7 Å². The second-order valence-corrected chi connectivity index (χ2v) is 5.43. The Kier molecular flexibility index (Phi) is 4.05. The molecule has 0 unspecified atom stereocenters. The molecular formula is C11H12ClIN2O. The van der Waals surface area contributed by atoms with Gasteiger partial charge in [-0.25, -0.2) is 0 Å². The molecule has 16 heavy (non-hydrogen) atoms. The molecule has 1 heterocycles. The highest BCUT2D eigenvalue weighted by Gasteiger charge is 2.17. The lowest BCUT2D eigenvalue weighted by Crippen LogP contribution is -2.48. The van der Waals surface area contributed by atoms with E-state index in [-0.39, 0.29) is 5.91 Å². The van der Waals surface area contributed by atoms with Gasteiger partial charge in [-0.2, -0.15) is 0 Å². The minimum absolute atomic E-state index is 0.0507.